The Morgan fingerprint density at radius 1 is 1.62 bits per heavy atom. The van der Waals surface area contributed by atoms with Crippen molar-refractivity contribution in [3.05, 3.63) is 0 Å². The maximum absolute atomic E-state index is 12.0. The van der Waals surface area contributed by atoms with Crippen LogP contribution in [-0.4, -0.2) is 55.9 Å². The molecule has 1 fully saturated rings. The number of carbonyl (C=O) groups excluding carboxylic acids is 1. The van der Waals surface area contributed by atoms with Crippen molar-refractivity contribution >= 4 is 5.91 Å². The molecule has 0 spiro atoms. The minimum absolute atomic E-state index is 0.00609. The second-order valence-electron chi connectivity index (χ2n) is 4.76. The summed E-state index contributed by atoms with van der Waals surface area (Å²) in [5, 5.41) is 0. The summed E-state index contributed by atoms with van der Waals surface area (Å²) < 4.78 is 10.5. The average Bonchev–Trinajstić information content (AvgIpc) is 2.23. The zero-order valence-corrected chi connectivity index (χ0v) is 10.4. The van der Waals surface area contributed by atoms with Crippen LogP contribution in [0.2, 0.25) is 0 Å². The smallest absolute Gasteiger partial charge is 0.239 e. The molecular weight excluding hydrogens is 208 g/mol. The van der Waals surface area contributed by atoms with Gasteiger partial charge in [-0.05, 0) is 20.3 Å². The zero-order chi connectivity index (χ0) is 12.2. The highest BCUT2D eigenvalue weighted by molar-refractivity contribution is 5.81. The van der Waals surface area contributed by atoms with Crippen molar-refractivity contribution < 1.29 is 14.3 Å². The first-order chi connectivity index (χ1) is 7.46. The van der Waals surface area contributed by atoms with Gasteiger partial charge in [-0.3, -0.25) is 4.79 Å². The van der Waals surface area contributed by atoms with E-state index in [1.54, 1.807) is 12.0 Å². The monoisotopic (exact) mass is 230 g/mol. The molecule has 1 atom stereocenters. The van der Waals surface area contributed by atoms with E-state index < -0.39 is 6.04 Å². The maximum atomic E-state index is 12.0. The summed E-state index contributed by atoms with van der Waals surface area (Å²) in [6, 6.07) is -0.464. The third-order valence-corrected chi connectivity index (χ3v) is 2.69. The highest BCUT2D eigenvalue weighted by Gasteiger charge is 2.31. The topological polar surface area (TPSA) is 64.8 Å². The van der Waals surface area contributed by atoms with Gasteiger partial charge in [0.2, 0.25) is 5.91 Å². The van der Waals surface area contributed by atoms with Crippen LogP contribution in [0.1, 0.15) is 20.3 Å². The number of methoxy groups -OCH3 is 1. The molecule has 0 saturated carbocycles. The minimum atomic E-state index is -0.464. The van der Waals surface area contributed by atoms with Gasteiger partial charge in [0, 0.05) is 26.8 Å². The SMILES string of the molecule is COCCC(N)C(=O)N1CCOC(C)(C)C1. The van der Waals surface area contributed by atoms with Crippen molar-refractivity contribution in [1.29, 1.82) is 0 Å². The molecule has 1 aliphatic heterocycles. The first kappa shape index (κ1) is 13.4. The number of hydrogen-bond acceptors (Lipinski definition) is 4. The van der Waals surface area contributed by atoms with Gasteiger partial charge in [0.15, 0.2) is 0 Å². The molecular formula is C11H22N2O3. The van der Waals surface area contributed by atoms with Crippen molar-refractivity contribution in [2.45, 2.75) is 31.9 Å². The van der Waals surface area contributed by atoms with E-state index in [0.717, 1.165) is 0 Å². The zero-order valence-electron chi connectivity index (χ0n) is 10.4. The highest BCUT2D eigenvalue weighted by Crippen LogP contribution is 2.17. The third kappa shape index (κ3) is 3.73. The van der Waals surface area contributed by atoms with Gasteiger partial charge in [-0.2, -0.15) is 0 Å². The first-order valence-corrected chi connectivity index (χ1v) is 5.63. The number of hydrogen-bond donors (Lipinski definition) is 1. The average molecular weight is 230 g/mol. The third-order valence-electron chi connectivity index (χ3n) is 2.69. The summed E-state index contributed by atoms with van der Waals surface area (Å²) in [5.41, 5.74) is 5.54. The second kappa shape index (κ2) is 5.61. The van der Waals surface area contributed by atoms with E-state index >= 15 is 0 Å². The Hall–Kier alpha value is -0.650. The first-order valence-electron chi connectivity index (χ1n) is 5.63. The lowest BCUT2D eigenvalue weighted by Gasteiger charge is -2.39. The number of rotatable bonds is 4. The maximum Gasteiger partial charge on any atom is 0.239 e. The Morgan fingerprint density at radius 3 is 2.88 bits per heavy atom. The van der Waals surface area contributed by atoms with E-state index in [1.807, 2.05) is 13.8 Å². The van der Waals surface area contributed by atoms with E-state index in [2.05, 4.69) is 0 Å². The highest BCUT2D eigenvalue weighted by atomic mass is 16.5. The molecule has 16 heavy (non-hydrogen) atoms. The van der Waals surface area contributed by atoms with Crippen LogP contribution >= 0.6 is 0 Å². The number of amides is 1. The molecule has 1 rings (SSSR count). The lowest BCUT2D eigenvalue weighted by molar-refractivity contribution is -0.147. The predicted molar refractivity (Wildman–Crippen MR) is 61.1 cm³/mol. The summed E-state index contributed by atoms with van der Waals surface area (Å²) in [6.07, 6.45) is 0.563. The fourth-order valence-corrected chi connectivity index (χ4v) is 1.81. The number of nitrogens with zero attached hydrogens (tertiary/aromatic N) is 1. The van der Waals surface area contributed by atoms with Gasteiger partial charge >= 0.3 is 0 Å². The predicted octanol–water partition coefficient (Wildman–Crippen LogP) is -0.0124. The fraction of sp³-hybridized carbons (Fsp3) is 0.909. The lowest BCUT2D eigenvalue weighted by Crippen LogP contribution is -2.54. The Bertz CT molecular complexity index is 243. The molecule has 1 aliphatic rings. The Kier molecular flexibility index (Phi) is 4.70. The molecule has 1 heterocycles. The van der Waals surface area contributed by atoms with Gasteiger partial charge in [-0.25, -0.2) is 0 Å². The van der Waals surface area contributed by atoms with Gasteiger partial charge in [0.1, 0.15) is 0 Å². The van der Waals surface area contributed by atoms with E-state index in [9.17, 15) is 4.79 Å². The van der Waals surface area contributed by atoms with Gasteiger partial charge in [-0.1, -0.05) is 0 Å². The molecule has 1 saturated heterocycles. The Morgan fingerprint density at radius 2 is 2.31 bits per heavy atom. The van der Waals surface area contributed by atoms with Gasteiger partial charge in [-0.15, -0.1) is 0 Å². The van der Waals surface area contributed by atoms with Crippen molar-refractivity contribution in [1.82, 2.24) is 4.90 Å². The van der Waals surface area contributed by atoms with Crippen LogP contribution in [0.3, 0.4) is 0 Å². The van der Waals surface area contributed by atoms with Crippen LogP contribution in [0, 0.1) is 0 Å². The molecule has 5 heteroatoms. The van der Waals surface area contributed by atoms with Crippen molar-refractivity contribution in [3.8, 4) is 0 Å². The van der Waals surface area contributed by atoms with E-state index in [0.29, 0.717) is 32.7 Å². The number of nitrogens with two attached hydrogens (primary N) is 1. The van der Waals surface area contributed by atoms with Crippen molar-refractivity contribution in [2.75, 3.05) is 33.4 Å². The van der Waals surface area contributed by atoms with Crippen LogP contribution < -0.4 is 5.73 Å². The lowest BCUT2D eigenvalue weighted by atomic mass is 10.1. The quantitative estimate of drug-likeness (QED) is 0.737. The standard InChI is InChI=1S/C11H22N2O3/c1-11(2)8-13(5-7-16-11)10(14)9(12)4-6-15-3/h9H,4-8,12H2,1-3H3. The Balaban J connectivity index is 2.46. The molecule has 0 radical (unpaired) electrons. The summed E-state index contributed by atoms with van der Waals surface area (Å²) in [6.45, 7) is 6.28. The summed E-state index contributed by atoms with van der Waals surface area (Å²) in [7, 11) is 1.61. The summed E-state index contributed by atoms with van der Waals surface area (Å²) >= 11 is 0. The van der Waals surface area contributed by atoms with E-state index in [4.69, 9.17) is 15.2 Å². The minimum Gasteiger partial charge on any atom is -0.385 e. The molecule has 0 bridgehead atoms. The van der Waals surface area contributed by atoms with E-state index in [1.165, 1.54) is 0 Å². The molecule has 1 amide bonds. The largest absolute Gasteiger partial charge is 0.385 e. The number of carbonyl (C=O) groups is 1. The van der Waals surface area contributed by atoms with Gasteiger partial charge in [0.05, 0.1) is 18.2 Å². The van der Waals surface area contributed by atoms with Crippen LogP contribution in [-0.2, 0) is 14.3 Å². The van der Waals surface area contributed by atoms with Crippen LogP contribution in [0.15, 0.2) is 0 Å². The number of morpholine rings is 1. The second-order valence-corrected chi connectivity index (χ2v) is 4.76. The molecule has 0 aromatic heterocycles. The van der Waals surface area contributed by atoms with Crippen LogP contribution in [0.25, 0.3) is 0 Å². The molecule has 1 unspecified atom stereocenters. The van der Waals surface area contributed by atoms with Gasteiger partial charge < -0.3 is 20.1 Å². The summed E-state index contributed by atoms with van der Waals surface area (Å²) in [5.74, 6) is -0.00609. The van der Waals surface area contributed by atoms with Crippen molar-refractivity contribution in [2.24, 2.45) is 5.73 Å². The van der Waals surface area contributed by atoms with E-state index in [-0.39, 0.29) is 11.5 Å². The molecule has 0 aliphatic carbocycles. The number of ether oxygens (including phenoxy) is 2. The van der Waals surface area contributed by atoms with Crippen molar-refractivity contribution in [3.63, 3.8) is 0 Å². The molecule has 2 N–H and O–H groups in total. The molecule has 0 aromatic rings. The normalized spacial score (nSPS) is 21.9. The Labute approximate surface area is 96.9 Å². The van der Waals surface area contributed by atoms with Crippen LogP contribution in [0.5, 0.6) is 0 Å². The molecule has 5 nitrogen and oxygen atoms in total. The molecule has 0 aromatic carbocycles. The van der Waals surface area contributed by atoms with Crippen LogP contribution in [0.4, 0.5) is 0 Å². The fourth-order valence-electron chi connectivity index (χ4n) is 1.81. The summed E-state index contributed by atoms with van der Waals surface area (Å²) in [4.78, 5) is 13.8. The van der Waals surface area contributed by atoms with Gasteiger partial charge in [0.25, 0.3) is 0 Å². The molecule has 94 valence electrons.